The maximum Gasteiger partial charge on any atom is 0.315 e. The Morgan fingerprint density at radius 2 is 1.76 bits per heavy atom. The van der Waals surface area contributed by atoms with Crippen LogP contribution < -0.4 is 10.6 Å². The molecule has 2 N–H and O–H groups in total. The van der Waals surface area contributed by atoms with Gasteiger partial charge in [0, 0.05) is 22.9 Å². The van der Waals surface area contributed by atoms with Crippen LogP contribution in [0, 0.1) is 50.2 Å². The number of urea groups is 1. The molecule has 5 atom stereocenters. The molecule has 0 aliphatic heterocycles. The van der Waals surface area contributed by atoms with E-state index in [0.717, 1.165) is 50.5 Å². The third-order valence-corrected chi connectivity index (χ3v) is 11.9. The molecule has 228 valence electrons. The number of hydrogen-bond acceptors (Lipinski definition) is 4. The normalized spacial score (nSPS) is 35.6. The van der Waals surface area contributed by atoms with Gasteiger partial charge in [-0.05, 0) is 93.0 Å². The monoisotopic (exact) mass is 565 g/mol. The lowest BCUT2D eigenvalue weighted by Gasteiger charge is -2.61. The van der Waals surface area contributed by atoms with Gasteiger partial charge in [0.15, 0.2) is 11.6 Å². The van der Waals surface area contributed by atoms with Crippen molar-refractivity contribution in [2.24, 2.45) is 38.9 Å². The summed E-state index contributed by atoms with van der Waals surface area (Å²) in [6.07, 6.45) is 10.1. The molecule has 3 rings (SSSR count). The van der Waals surface area contributed by atoms with E-state index in [1.54, 1.807) is 13.0 Å². The number of ketones is 2. The Morgan fingerprint density at radius 1 is 1.12 bits per heavy atom. The lowest BCUT2D eigenvalue weighted by Crippen LogP contribution is -2.60. The minimum absolute atomic E-state index is 0.000390. The molecule has 0 aromatic heterocycles. The second kappa shape index (κ2) is 11.0. The van der Waals surface area contributed by atoms with Gasteiger partial charge in [-0.25, -0.2) is 4.79 Å². The standard InChI is InChI=1S/C35H55N3O3/c1-12-37-29(41)38-35(17-15-30(4,5)20-23(35)2)18-16-31(6,7)34(11)14-13-26-32(8,9)28(40)25(22-36)21-33(26,10)27(34)19-24(3)39/h19,21,23,26H,12-18,20H2,1-11H3,(H2,37,38,41)/b27-19-/t23?,26-,33-,34+,35-/m0/s1. The van der Waals surface area contributed by atoms with Gasteiger partial charge in [-0.15, -0.1) is 0 Å². The average molecular weight is 566 g/mol. The largest absolute Gasteiger partial charge is 0.338 e. The number of nitrogens with one attached hydrogen (secondary N) is 2. The van der Waals surface area contributed by atoms with Crippen LogP contribution in [0.3, 0.4) is 0 Å². The minimum atomic E-state index is -0.694. The molecule has 0 saturated heterocycles. The van der Waals surface area contributed by atoms with Crippen LogP contribution in [0.4, 0.5) is 4.79 Å². The van der Waals surface area contributed by atoms with Gasteiger partial charge in [0.1, 0.15) is 6.07 Å². The molecule has 2 amide bonds. The van der Waals surface area contributed by atoms with Crippen LogP contribution in [0.1, 0.15) is 121 Å². The van der Waals surface area contributed by atoms with Crippen LogP contribution in [-0.2, 0) is 9.59 Å². The summed E-state index contributed by atoms with van der Waals surface area (Å²) >= 11 is 0. The summed E-state index contributed by atoms with van der Waals surface area (Å²) < 4.78 is 0. The summed E-state index contributed by atoms with van der Waals surface area (Å²) in [6.45, 7) is 24.0. The Morgan fingerprint density at radius 3 is 2.29 bits per heavy atom. The SMILES string of the molecule is CCNC(=O)N[C@]1(CCC(C)(C)[C@]2(C)CC[C@H]3C(C)(C)C(=O)C(C#N)=C[C@]3(C)/C2=C/C(C)=O)CCC(C)(C)CC1C. The molecule has 0 heterocycles. The highest BCUT2D eigenvalue weighted by atomic mass is 16.2. The Kier molecular flexibility index (Phi) is 8.89. The second-order valence-electron chi connectivity index (χ2n) is 15.9. The molecular weight excluding hydrogens is 510 g/mol. The lowest BCUT2D eigenvalue weighted by atomic mass is 9.42. The fourth-order valence-electron chi connectivity index (χ4n) is 8.91. The van der Waals surface area contributed by atoms with Gasteiger partial charge in [0.25, 0.3) is 0 Å². The number of carbonyl (C=O) groups excluding carboxylic acids is 3. The van der Waals surface area contributed by atoms with Gasteiger partial charge in [0.2, 0.25) is 0 Å². The van der Waals surface area contributed by atoms with Crippen LogP contribution in [0.25, 0.3) is 0 Å². The summed E-state index contributed by atoms with van der Waals surface area (Å²) in [5.41, 5.74) is -0.671. The first kappa shape index (κ1) is 33.1. The van der Waals surface area contributed by atoms with Crippen LogP contribution in [0.15, 0.2) is 23.3 Å². The van der Waals surface area contributed by atoms with E-state index >= 15 is 0 Å². The predicted molar refractivity (Wildman–Crippen MR) is 165 cm³/mol. The first-order valence-electron chi connectivity index (χ1n) is 15.7. The molecule has 3 aliphatic carbocycles. The maximum atomic E-state index is 13.3. The van der Waals surface area contributed by atoms with Crippen molar-refractivity contribution in [1.29, 1.82) is 5.26 Å². The Balaban J connectivity index is 2.06. The number of hydrogen-bond donors (Lipinski definition) is 2. The number of amides is 2. The van der Waals surface area contributed by atoms with Gasteiger partial charge in [-0.2, -0.15) is 5.26 Å². The van der Waals surface area contributed by atoms with Crippen LogP contribution in [0.5, 0.6) is 0 Å². The summed E-state index contributed by atoms with van der Waals surface area (Å²) in [5.74, 6) is 0.216. The average Bonchev–Trinajstić information content (AvgIpc) is 2.84. The molecular formula is C35H55N3O3. The van der Waals surface area contributed by atoms with Crippen LogP contribution in [0.2, 0.25) is 0 Å². The van der Waals surface area contributed by atoms with E-state index in [2.05, 4.69) is 65.2 Å². The Bertz CT molecular complexity index is 1190. The van der Waals surface area contributed by atoms with Gasteiger partial charge < -0.3 is 10.6 Å². The molecule has 41 heavy (non-hydrogen) atoms. The topological polar surface area (TPSA) is 99.1 Å². The van der Waals surface area contributed by atoms with E-state index in [-0.39, 0.29) is 50.9 Å². The van der Waals surface area contributed by atoms with Crippen LogP contribution >= 0.6 is 0 Å². The fraction of sp³-hybridized carbons (Fsp3) is 0.771. The van der Waals surface area contributed by atoms with E-state index in [1.807, 2.05) is 26.8 Å². The Hall–Kier alpha value is -2.42. The van der Waals surface area contributed by atoms with Crippen molar-refractivity contribution < 1.29 is 14.4 Å². The molecule has 6 nitrogen and oxygen atoms in total. The van der Waals surface area contributed by atoms with Gasteiger partial charge >= 0.3 is 6.03 Å². The first-order chi connectivity index (χ1) is 18.7. The van der Waals surface area contributed by atoms with Gasteiger partial charge in [0.05, 0.1) is 5.57 Å². The van der Waals surface area contributed by atoms with E-state index in [9.17, 15) is 19.6 Å². The second-order valence-corrected chi connectivity index (χ2v) is 15.9. The molecule has 0 aromatic rings. The van der Waals surface area contributed by atoms with Crippen LogP contribution in [-0.4, -0.2) is 29.7 Å². The van der Waals surface area contributed by atoms with E-state index in [1.165, 1.54) is 0 Å². The number of allylic oxidation sites excluding steroid dienone is 4. The number of nitrogens with zero attached hydrogens (tertiary/aromatic N) is 1. The van der Waals surface area contributed by atoms with Crippen molar-refractivity contribution in [1.82, 2.24) is 10.6 Å². The smallest absolute Gasteiger partial charge is 0.315 e. The summed E-state index contributed by atoms with van der Waals surface area (Å²) in [7, 11) is 0. The number of nitriles is 1. The maximum absolute atomic E-state index is 13.3. The van der Waals surface area contributed by atoms with Crippen molar-refractivity contribution in [3.05, 3.63) is 23.3 Å². The zero-order chi connectivity index (χ0) is 31.2. The third-order valence-electron chi connectivity index (χ3n) is 11.9. The minimum Gasteiger partial charge on any atom is -0.338 e. The molecule has 6 heteroatoms. The van der Waals surface area contributed by atoms with Gasteiger partial charge in [-0.3, -0.25) is 9.59 Å². The van der Waals surface area contributed by atoms with E-state index in [4.69, 9.17) is 0 Å². The number of rotatable bonds is 7. The van der Waals surface area contributed by atoms with Crippen molar-refractivity contribution in [3.63, 3.8) is 0 Å². The van der Waals surface area contributed by atoms with E-state index in [0.29, 0.717) is 12.5 Å². The summed E-state index contributed by atoms with van der Waals surface area (Å²) in [4.78, 5) is 39.0. The highest BCUT2D eigenvalue weighted by molar-refractivity contribution is 6.04. The Labute approximate surface area is 249 Å². The predicted octanol–water partition coefficient (Wildman–Crippen LogP) is 7.69. The highest BCUT2D eigenvalue weighted by Crippen LogP contribution is 2.67. The lowest BCUT2D eigenvalue weighted by molar-refractivity contribution is -0.131. The molecule has 1 unspecified atom stereocenters. The summed E-state index contributed by atoms with van der Waals surface area (Å²) in [6, 6.07) is 2.07. The molecule has 3 aliphatic rings. The fourth-order valence-corrected chi connectivity index (χ4v) is 8.91. The quantitative estimate of drug-likeness (QED) is 0.309. The van der Waals surface area contributed by atoms with Crippen molar-refractivity contribution in [2.75, 3.05) is 6.54 Å². The molecule has 0 spiro atoms. The number of fused-ring (bicyclic) bond motifs is 1. The van der Waals surface area contributed by atoms with Gasteiger partial charge in [-0.1, -0.05) is 74.0 Å². The molecule has 2 fully saturated rings. The van der Waals surface area contributed by atoms with E-state index < -0.39 is 10.8 Å². The summed E-state index contributed by atoms with van der Waals surface area (Å²) in [5, 5.41) is 16.3. The third kappa shape index (κ3) is 5.80. The zero-order valence-corrected chi connectivity index (χ0v) is 27.6. The van der Waals surface area contributed by atoms with Crippen molar-refractivity contribution in [2.45, 2.75) is 127 Å². The number of Topliss-reactive ketones (excluding diaryl/α,β-unsaturated/α-hetero) is 1. The molecule has 0 bridgehead atoms. The highest BCUT2D eigenvalue weighted by Gasteiger charge is 2.61. The van der Waals surface area contributed by atoms with Crippen molar-refractivity contribution >= 4 is 17.6 Å². The molecule has 0 radical (unpaired) electrons. The first-order valence-corrected chi connectivity index (χ1v) is 15.7. The molecule has 2 saturated carbocycles. The molecule has 0 aromatic carbocycles. The van der Waals surface area contributed by atoms with Crippen molar-refractivity contribution in [3.8, 4) is 6.07 Å². The number of carbonyl (C=O) groups is 3. The zero-order valence-electron chi connectivity index (χ0n) is 27.6.